The molecule has 7 aromatic carbocycles. The van der Waals surface area contributed by atoms with Gasteiger partial charge >= 0.3 is 0 Å². The molecule has 9 rings (SSSR count). The van der Waals surface area contributed by atoms with E-state index in [-0.39, 0.29) is 0 Å². The number of hydrogen-bond acceptors (Lipinski definition) is 1. The van der Waals surface area contributed by atoms with Crippen LogP contribution in [-0.2, 0) is 9.98 Å². The van der Waals surface area contributed by atoms with Gasteiger partial charge in [0.05, 0.1) is 5.41 Å². The van der Waals surface area contributed by atoms with Crippen LogP contribution in [0.5, 0.6) is 0 Å². The van der Waals surface area contributed by atoms with Gasteiger partial charge in [-0.1, -0.05) is 146 Å². The van der Waals surface area contributed by atoms with Crippen molar-refractivity contribution in [1.29, 1.82) is 0 Å². The fourth-order valence-electron chi connectivity index (χ4n) is 7.68. The van der Waals surface area contributed by atoms with Crippen molar-refractivity contribution in [1.82, 2.24) is 0 Å². The molecule has 7 aromatic rings. The molecule has 2 aliphatic rings. The van der Waals surface area contributed by atoms with E-state index < -0.39 is 13.2 Å². The van der Waals surface area contributed by atoms with Crippen molar-refractivity contribution in [2.24, 2.45) is 0 Å². The molecule has 1 atom stereocenters. The molecule has 212 valence electrons. The molecular formula is C43H29OP. The predicted octanol–water partition coefficient (Wildman–Crippen LogP) is 9.87. The number of rotatable bonds is 4. The van der Waals surface area contributed by atoms with Crippen LogP contribution in [0.2, 0.25) is 0 Å². The lowest BCUT2D eigenvalue weighted by molar-refractivity contribution is 0.598. The predicted molar refractivity (Wildman–Crippen MR) is 188 cm³/mol. The first-order chi connectivity index (χ1) is 22.2. The Morgan fingerprint density at radius 3 is 1.40 bits per heavy atom. The molecule has 0 bridgehead atoms. The molecule has 0 aromatic heterocycles. The molecule has 0 N–H and O–H groups in total. The van der Waals surface area contributed by atoms with Gasteiger partial charge in [-0.3, -0.25) is 0 Å². The molecule has 0 radical (unpaired) electrons. The van der Waals surface area contributed by atoms with E-state index in [2.05, 4.69) is 164 Å². The van der Waals surface area contributed by atoms with Crippen molar-refractivity contribution in [2.75, 3.05) is 0 Å². The fourth-order valence-corrected chi connectivity index (χ4v) is 9.44. The lowest BCUT2D eigenvalue weighted by Gasteiger charge is -2.34. The molecule has 1 aliphatic carbocycles. The summed E-state index contributed by atoms with van der Waals surface area (Å²) in [7, 11) is -2.19. The molecule has 1 nitrogen and oxygen atoms in total. The zero-order valence-electron chi connectivity index (χ0n) is 24.6. The van der Waals surface area contributed by atoms with Crippen LogP contribution in [0.15, 0.2) is 170 Å². The zero-order chi connectivity index (χ0) is 30.0. The maximum atomic E-state index is 14.3. The van der Waals surface area contributed by atoms with Crippen molar-refractivity contribution >= 4 is 18.4 Å². The summed E-state index contributed by atoms with van der Waals surface area (Å²) >= 11 is 0. The normalized spacial score (nSPS) is 15.2. The van der Waals surface area contributed by atoms with Crippen LogP contribution in [0.25, 0.3) is 44.5 Å². The number of fused-ring (bicyclic) bond motifs is 6. The van der Waals surface area contributed by atoms with Gasteiger partial charge in [0.25, 0.3) is 0 Å². The highest BCUT2D eigenvalue weighted by molar-refractivity contribution is 7.63. The minimum atomic E-state index is -2.19. The standard InChI is InChI=1S/C43H29OP/c44-45-41-26-32(30-15-7-2-8-16-30)22-24-36(41)38-27-40-37(28-42(38)45)35-23-21-31(29-13-5-1-6-14-29)25-39(35)43(40,33-17-9-3-10-18-33)34-19-11-4-12-20-34/h1-28,45H. The van der Waals surface area contributed by atoms with Crippen LogP contribution in [0, 0.1) is 0 Å². The van der Waals surface area contributed by atoms with E-state index in [0.29, 0.717) is 0 Å². The van der Waals surface area contributed by atoms with E-state index >= 15 is 0 Å². The van der Waals surface area contributed by atoms with Gasteiger partial charge in [0, 0.05) is 10.6 Å². The van der Waals surface area contributed by atoms with Gasteiger partial charge in [0.1, 0.15) is 7.80 Å². The van der Waals surface area contributed by atoms with Crippen molar-refractivity contribution in [2.45, 2.75) is 5.41 Å². The highest BCUT2D eigenvalue weighted by atomic mass is 31.1. The van der Waals surface area contributed by atoms with Gasteiger partial charge in [-0.05, 0) is 91.0 Å². The Morgan fingerprint density at radius 1 is 0.356 bits per heavy atom. The molecule has 0 fully saturated rings. The minimum Gasteiger partial charge on any atom is -0.317 e. The third-order valence-electron chi connectivity index (χ3n) is 9.70. The Labute approximate surface area is 264 Å². The molecule has 1 heterocycles. The van der Waals surface area contributed by atoms with Crippen LogP contribution >= 0.6 is 7.80 Å². The monoisotopic (exact) mass is 592 g/mol. The lowest BCUT2D eigenvalue weighted by Crippen LogP contribution is -2.28. The van der Waals surface area contributed by atoms with Crippen molar-refractivity contribution in [3.05, 3.63) is 192 Å². The summed E-state index contributed by atoms with van der Waals surface area (Å²) in [6.07, 6.45) is 0. The van der Waals surface area contributed by atoms with Gasteiger partial charge in [-0.2, -0.15) is 0 Å². The molecular weight excluding hydrogens is 563 g/mol. The van der Waals surface area contributed by atoms with E-state index in [1.165, 1.54) is 44.5 Å². The first-order valence-electron chi connectivity index (χ1n) is 15.5. The van der Waals surface area contributed by atoms with E-state index in [4.69, 9.17) is 0 Å². The van der Waals surface area contributed by atoms with Gasteiger partial charge in [0.2, 0.25) is 0 Å². The number of benzene rings is 7. The van der Waals surface area contributed by atoms with Crippen LogP contribution < -0.4 is 10.6 Å². The summed E-state index contributed by atoms with van der Waals surface area (Å²) in [5.74, 6) is 0. The van der Waals surface area contributed by atoms with Crippen LogP contribution in [0.4, 0.5) is 0 Å². The van der Waals surface area contributed by atoms with E-state index in [1.807, 2.05) is 6.07 Å². The minimum absolute atomic E-state index is 0.532. The molecule has 1 aliphatic heterocycles. The Kier molecular flexibility index (Phi) is 5.92. The summed E-state index contributed by atoms with van der Waals surface area (Å²) in [6.45, 7) is 0. The third-order valence-corrected chi connectivity index (χ3v) is 11.5. The molecule has 2 heteroatoms. The zero-order valence-corrected chi connectivity index (χ0v) is 25.6. The topological polar surface area (TPSA) is 17.1 Å². The average Bonchev–Trinajstić information content (AvgIpc) is 3.56. The number of hydrogen-bond donors (Lipinski definition) is 0. The van der Waals surface area contributed by atoms with E-state index in [9.17, 15) is 4.57 Å². The maximum Gasteiger partial charge on any atom is 0.133 e. The lowest BCUT2D eigenvalue weighted by atomic mass is 9.67. The molecule has 0 saturated heterocycles. The van der Waals surface area contributed by atoms with Gasteiger partial charge in [-0.25, -0.2) is 0 Å². The van der Waals surface area contributed by atoms with Crippen LogP contribution in [-0.4, -0.2) is 0 Å². The van der Waals surface area contributed by atoms with E-state index in [0.717, 1.165) is 32.9 Å². The Bertz CT molecular complexity index is 2220. The smallest absolute Gasteiger partial charge is 0.133 e. The molecule has 1 unspecified atom stereocenters. The Hall–Kier alpha value is -5.23. The van der Waals surface area contributed by atoms with Crippen LogP contribution in [0.3, 0.4) is 0 Å². The second-order valence-electron chi connectivity index (χ2n) is 12.0. The maximum absolute atomic E-state index is 14.3. The molecule has 45 heavy (non-hydrogen) atoms. The Morgan fingerprint density at radius 2 is 0.822 bits per heavy atom. The third kappa shape index (κ3) is 3.84. The van der Waals surface area contributed by atoms with Crippen molar-refractivity contribution in [3.63, 3.8) is 0 Å². The summed E-state index contributed by atoms with van der Waals surface area (Å²) in [6, 6.07) is 60.8. The summed E-state index contributed by atoms with van der Waals surface area (Å²) in [4.78, 5) is 0. The van der Waals surface area contributed by atoms with E-state index in [1.54, 1.807) is 0 Å². The SMILES string of the molecule is O=[PH]1c2cc(-c3ccccc3)ccc2-c2cc3c(cc21)-c1ccc(-c2ccccc2)cc1C3(c1ccccc1)c1ccccc1. The molecule has 0 amide bonds. The van der Waals surface area contributed by atoms with Crippen molar-refractivity contribution in [3.8, 4) is 44.5 Å². The first kappa shape index (κ1) is 26.2. The summed E-state index contributed by atoms with van der Waals surface area (Å²) < 4.78 is 14.3. The highest BCUT2D eigenvalue weighted by Gasteiger charge is 2.47. The quantitative estimate of drug-likeness (QED) is 0.186. The van der Waals surface area contributed by atoms with Crippen LogP contribution in [0.1, 0.15) is 22.3 Å². The molecule has 0 saturated carbocycles. The largest absolute Gasteiger partial charge is 0.317 e. The molecule has 0 spiro atoms. The van der Waals surface area contributed by atoms with Crippen molar-refractivity contribution < 1.29 is 4.57 Å². The second-order valence-corrected chi connectivity index (χ2v) is 13.7. The second kappa shape index (κ2) is 10.2. The first-order valence-corrected chi connectivity index (χ1v) is 16.9. The average molecular weight is 593 g/mol. The van der Waals surface area contributed by atoms with Gasteiger partial charge < -0.3 is 4.57 Å². The Balaban J connectivity index is 1.34. The summed E-state index contributed by atoms with van der Waals surface area (Å²) in [5, 5.41) is 1.93. The fraction of sp³-hybridized carbons (Fsp3) is 0.0233. The summed E-state index contributed by atoms with van der Waals surface area (Å²) in [5.41, 5.74) is 13.6. The van der Waals surface area contributed by atoms with Gasteiger partial charge in [-0.15, -0.1) is 0 Å². The highest BCUT2D eigenvalue weighted by Crippen LogP contribution is 2.58. The van der Waals surface area contributed by atoms with Gasteiger partial charge in [0.15, 0.2) is 0 Å².